The molecule has 0 atom stereocenters. The molecule has 0 spiro atoms. The lowest BCUT2D eigenvalue weighted by molar-refractivity contribution is 0.0153. The molecule has 1 radical (unpaired) electrons. The van der Waals surface area contributed by atoms with E-state index < -0.39 is 5.92 Å². The Balaban J connectivity index is 3.15. The van der Waals surface area contributed by atoms with Gasteiger partial charge in [-0.25, -0.2) is 8.78 Å². The molecule has 0 aromatic rings. The summed E-state index contributed by atoms with van der Waals surface area (Å²) in [4.78, 5) is 0. The van der Waals surface area contributed by atoms with Crippen LogP contribution in [0.5, 0.6) is 0 Å². The second kappa shape index (κ2) is 2.21. The van der Waals surface area contributed by atoms with E-state index in [1.54, 1.807) is 0 Å². The molecule has 1 N–H and O–H groups in total. The number of rotatable bonds is 2. The summed E-state index contributed by atoms with van der Waals surface area (Å²) in [7, 11) is 0. The molecule has 0 rings (SSSR count). The van der Waals surface area contributed by atoms with Crippen LogP contribution in [-0.4, -0.2) is 12.5 Å². The standard InChI is InChI=1S/C4H8F2N/c1-4(5,6)2-3-7/h7H,2-3H2,1H3. The van der Waals surface area contributed by atoms with Gasteiger partial charge in [0.05, 0.1) is 0 Å². The summed E-state index contributed by atoms with van der Waals surface area (Å²) in [6.07, 6.45) is -0.326. The summed E-state index contributed by atoms with van der Waals surface area (Å²) in [5.74, 6) is -2.64. The van der Waals surface area contributed by atoms with Crippen LogP contribution in [0, 0.1) is 0 Å². The summed E-state index contributed by atoms with van der Waals surface area (Å²) < 4.78 is 23.2. The van der Waals surface area contributed by atoms with Gasteiger partial charge in [-0.05, 0) is 6.92 Å². The SMILES string of the molecule is CC(F)(F)CC[NH]. The van der Waals surface area contributed by atoms with Gasteiger partial charge in [0.2, 0.25) is 5.92 Å². The summed E-state index contributed by atoms with van der Waals surface area (Å²) in [6, 6.07) is 0. The van der Waals surface area contributed by atoms with Gasteiger partial charge in [0.1, 0.15) is 0 Å². The highest BCUT2D eigenvalue weighted by atomic mass is 19.3. The van der Waals surface area contributed by atoms with Crippen LogP contribution < -0.4 is 5.73 Å². The number of halogens is 2. The molecule has 43 valence electrons. The summed E-state index contributed by atoms with van der Waals surface area (Å²) in [6.45, 7) is 0.630. The van der Waals surface area contributed by atoms with Crippen LogP contribution in [0.25, 0.3) is 0 Å². The minimum atomic E-state index is -2.64. The van der Waals surface area contributed by atoms with E-state index in [9.17, 15) is 8.78 Å². The van der Waals surface area contributed by atoms with Gasteiger partial charge in [-0.15, -0.1) is 0 Å². The van der Waals surface area contributed by atoms with Crippen molar-refractivity contribution in [2.75, 3.05) is 6.54 Å². The van der Waals surface area contributed by atoms with E-state index in [2.05, 4.69) is 0 Å². The van der Waals surface area contributed by atoms with E-state index in [0.717, 1.165) is 6.92 Å². The molecular weight excluding hydrogens is 100 g/mol. The summed E-state index contributed by atoms with van der Waals surface area (Å²) in [5.41, 5.74) is 6.38. The van der Waals surface area contributed by atoms with Crippen LogP contribution >= 0.6 is 0 Å². The fraction of sp³-hybridized carbons (Fsp3) is 1.00. The van der Waals surface area contributed by atoms with E-state index in [1.807, 2.05) is 0 Å². The van der Waals surface area contributed by atoms with E-state index in [0.29, 0.717) is 0 Å². The lowest BCUT2D eigenvalue weighted by Crippen LogP contribution is -2.11. The van der Waals surface area contributed by atoms with Crippen molar-refractivity contribution < 1.29 is 8.78 Å². The number of hydrogen-bond acceptors (Lipinski definition) is 0. The highest BCUT2D eigenvalue weighted by Crippen LogP contribution is 2.14. The molecule has 3 heteroatoms. The van der Waals surface area contributed by atoms with Gasteiger partial charge in [-0.1, -0.05) is 0 Å². The third kappa shape index (κ3) is 5.82. The molecule has 0 aliphatic carbocycles. The zero-order valence-electron chi connectivity index (χ0n) is 4.17. The van der Waals surface area contributed by atoms with E-state index >= 15 is 0 Å². The largest absolute Gasteiger partial charge is 0.258 e. The van der Waals surface area contributed by atoms with Gasteiger partial charge < -0.3 is 0 Å². The fourth-order valence-electron chi connectivity index (χ4n) is 0.219. The average molecular weight is 108 g/mol. The van der Waals surface area contributed by atoms with E-state index in [1.165, 1.54) is 0 Å². The minimum Gasteiger partial charge on any atom is -0.258 e. The molecule has 0 saturated carbocycles. The molecule has 0 bridgehead atoms. The Morgan fingerprint density at radius 2 is 2.00 bits per heavy atom. The lowest BCUT2D eigenvalue weighted by Gasteiger charge is -2.04. The first kappa shape index (κ1) is 6.82. The number of nitrogens with one attached hydrogen (secondary N) is 1. The second-order valence-corrected chi connectivity index (χ2v) is 1.57. The molecule has 0 aromatic heterocycles. The fourth-order valence-corrected chi connectivity index (χ4v) is 0.219. The first-order valence-corrected chi connectivity index (χ1v) is 2.09. The monoisotopic (exact) mass is 108 g/mol. The Morgan fingerprint density at radius 1 is 1.57 bits per heavy atom. The quantitative estimate of drug-likeness (QED) is 0.509. The topological polar surface area (TPSA) is 23.8 Å². The van der Waals surface area contributed by atoms with Gasteiger partial charge in [-0.3, -0.25) is 5.73 Å². The van der Waals surface area contributed by atoms with Crippen LogP contribution in [0.1, 0.15) is 13.3 Å². The van der Waals surface area contributed by atoms with Crippen molar-refractivity contribution in [1.82, 2.24) is 5.73 Å². The molecule has 0 aliphatic heterocycles. The highest BCUT2D eigenvalue weighted by molar-refractivity contribution is 4.56. The number of alkyl halides is 2. The molecule has 7 heavy (non-hydrogen) atoms. The van der Waals surface area contributed by atoms with Crippen molar-refractivity contribution >= 4 is 0 Å². The second-order valence-electron chi connectivity index (χ2n) is 1.57. The smallest absolute Gasteiger partial charge is 0.246 e. The van der Waals surface area contributed by atoms with Crippen LogP contribution in [0.15, 0.2) is 0 Å². The third-order valence-electron chi connectivity index (χ3n) is 0.564. The van der Waals surface area contributed by atoms with E-state index in [-0.39, 0.29) is 13.0 Å². The van der Waals surface area contributed by atoms with Crippen molar-refractivity contribution in [1.29, 1.82) is 0 Å². The van der Waals surface area contributed by atoms with Crippen LogP contribution in [-0.2, 0) is 0 Å². The van der Waals surface area contributed by atoms with Crippen molar-refractivity contribution in [2.45, 2.75) is 19.3 Å². The molecular formula is C4H8F2N. The third-order valence-corrected chi connectivity index (χ3v) is 0.564. The Labute approximate surface area is 41.5 Å². The zero-order valence-corrected chi connectivity index (χ0v) is 4.17. The van der Waals surface area contributed by atoms with Crippen molar-refractivity contribution in [2.24, 2.45) is 0 Å². The van der Waals surface area contributed by atoms with Gasteiger partial charge in [0.15, 0.2) is 0 Å². The van der Waals surface area contributed by atoms with Crippen molar-refractivity contribution in [3.8, 4) is 0 Å². The Morgan fingerprint density at radius 3 is 2.00 bits per heavy atom. The lowest BCUT2D eigenvalue weighted by atomic mass is 10.3. The molecule has 1 nitrogen and oxygen atoms in total. The van der Waals surface area contributed by atoms with Crippen molar-refractivity contribution in [3.63, 3.8) is 0 Å². The highest BCUT2D eigenvalue weighted by Gasteiger charge is 2.18. The van der Waals surface area contributed by atoms with Crippen LogP contribution in [0.2, 0.25) is 0 Å². The minimum absolute atomic E-state index is 0.191. The van der Waals surface area contributed by atoms with Crippen LogP contribution in [0.4, 0.5) is 8.78 Å². The molecule has 0 aliphatic rings. The molecule has 0 amide bonds. The normalized spacial score (nSPS) is 12.0. The first-order chi connectivity index (χ1) is 3.06. The first-order valence-electron chi connectivity index (χ1n) is 2.09. The molecule has 0 fully saturated rings. The Bertz CT molecular complexity index is 48.1. The van der Waals surface area contributed by atoms with Gasteiger partial charge in [0.25, 0.3) is 0 Å². The van der Waals surface area contributed by atoms with Crippen LogP contribution in [0.3, 0.4) is 0 Å². The maximum Gasteiger partial charge on any atom is 0.246 e. The average Bonchev–Trinajstić information content (AvgIpc) is 1.30. The van der Waals surface area contributed by atoms with Gasteiger partial charge in [0, 0.05) is 13.0 Å². The molecule has 0 unspecified atom stereocenters. The predicted molar refractivity (Wildman–Crippen MR) is 23.2 cm³/mol. The molecule has 0 saturated heterocycles. The molecule has 0 aromatic carbocycles. The zero-order chi connectivity index (χ0) is 5.91. The van der Waals surface area contributed by atoms with Gasteiger partial charge >= 0.3 is 0 Å². The molecule has 0 heterocycles. The number of hydrogen-bond donors (Lipinski definition) is 0. The van der Waals surface area contributed by atoms with Crippen molar-refractivity contribution in [3.05, 3.63) is 0 Å². The maximum atomic E-state index is 11.6. The summed E-state index contributed by atoms with van der Waals surface area (Å²) in [5, 5.41) is 0. The summed E-state index contributed by atoms with van der Waals surface area (Å²) >= 11 is 0. The maximum absolute atomic E-state index is 11.6. The Kier molecular flexibility index (Phi) is 2.15. The van der Waals surface area contributed by atoms with E-state index in [4.69, 9.17) is 5.73 Å². The predicted octanol–water partition coefficient (Wildman–Crippen LogP) is 1.31. The van der Waals surface area contributed by atoms with Gasteiger partial charge in [-0.2, -0.15) is 0 Å². The Hall–Kier alpha value is -0.180.